The quantitative estimate of drug-likeness (QED) is 0.638. The molecule has 3 aromatic rings. The third-order valence-electron chi connectivity index (χ3n) is 3.79. The molecule has 0 aliphatic rings. The molecular weight excluding hydrogens is 368 g/mol. The molecule has 0 saturated heterocycles. The maximum Gasteiger partial charge on any atom is 0.243 e. The van der Waals surface area contributed by atoms with Crippen molar-refractivity contribution < 1.29 is 13.2 Å². The minimum Gasteiger partial charge on any atom is -0.350 e. The van der Waals surface area contributed by atoms with Crippen molar-refractivity contribution in [2.24, 2.45) is 5.14 Å². The zero-order valence-electron chi connectivity index (χ0n) is 14.5. The summed E-state index contributed by atoms with van der Waals surface area (Å²) in [5.74, 6) is 0.153. The van der Waals surface area contributed by atoms with E-state index in [9.17, 15) is 13.2 Å². The van der Waals surface area contributed by atoms with Crippen LogP contribution in [0.15, 0.2) is 53.4 Å². The van der Waals surface area contributed by atoms with Gasteiger partial charge in [0.25, 0.3) is 0 Å². The Morgan fingerprint density at radius 2 is 1.78 bits per heavy atom. The Bertz CT molecular complexity index is 1040. The first-order valence-corrected chi connectivity index (χ1v) is 9.59. The Morgan fingerprint density at radius 1 is 1.11 bits per heavy atom. The van der Waals surface area contributed by atoms with Crippen molar-refractivity contribution in [1.82, 2.24) is 25.5 Å². The first-order chi connectivity index (χ1) is 12.8. The van der Waals surface area contributed by atoms with Crippen LogP contribution in [0.3, 0.4) is 0 Å². The molecule has 0 fully saturated rings. The lowest BCUT2D eigenvalue weighted by atomic mass is 10.1. The van der Waals surface area contributed by atoms with Gasteiger partial charge >= 0.3 is 0 Å². The van der Waals surface area contributed by atoms with E-state index in [0.717, 1.165) is 16.7 Å². The smallest absolute Gasteiger partial charge is 0.243 e. The summed E-state index contributed by atoms with van der Waals surface area (Å²) >= 11 is 0. The number of aryl methyl sites for hydroxylation is 1. The zero-order chi connectivity index (χ0) is 19.4. The van der Waals surface area contributed by atoms with Crippen molar-refractivity contribution in [1.29, 1.82) is 0 Å². The van der Waals surface area contributed by atoms with Gasteiger partial charge in [0.05, 0.1) is 4.90 Å². The van der Waals surface area contributed by atoms with Gasteiger partial charge in [-0.1, -0.05) is 42.0 Å². The number of aromatic nitrogens is 4. The number of nitrogens with zero attached hydrogens (tertiary/aromatic N) is 4. The van der Waals surface area contributed by atoms with Gasteiger partial charge in [-0.3, -0.25) is 4.79 Å². The molecule has 0 aliphatic carbocycles. The second kappa shape index (κ2) is 7.64. The SMILES string of the molecule is Cc1ccc(-c2nnn(CC(=O)NCc3ccc(S(N)(=O)=O)cc3)n2)cc1. The van der Waals surface area contributed by atoms with E-state index in [0.29, 0.717) is 5.82 Å². The van der Waals surface area contributed by atoms with Gasteiger partial charge in [0, 0.05) is 12.1 Å². The van der Waals surface area contributed by atoms with E-state index in [-0.39, 0.29) is 23.9 Å². The first-order valence-electron chi connectivity index (χ1n) is 8.04. The van der Waals surface area contributed by atoms with Crippen LogP contribution in [0.1, 0.15) is 11.1 Å². The maximum absolute atomic E-state index is 12.0. The number of nitrogens with one attached hydrogen (secondary N) is 1. The minimum atomic E-state index is -3.73. The number of amides is 1. The largest absolute Gasteiger partial charge is 0.350 e. The molecule has 9 nitrogen and oxygen atoms in total. The molecule has 0 aliphatic heterocycles. The zero-order valence-corrected chi connectivity index (χ0v) is 15.3. The molecule has 3 rings (SSSR count). The lowest BCUT2D eigenvalue weighted by molar-refractivity contribution is -0.122. The number of carbonyl (C=O) groups is 1. The molecule has 27 heavy (non-hydrogen) atoms. The highest BCUT2D eigenvalue weighted by molar-refractivity contribution is 7.89. The van der Waals surface area contributed by atoms with Crippen molar-refractivity contribution in [2.75, 3.05) is 0 Å². The van der Waals surface area contributed by atoms with Crippen molar-refractivity contribution in [3.05, 3.63) is 59.7 Å². The number of carbonyl (C=O) groups excluding carboxylic acids is 1. The predicted molar refractivity (Wildman–Crippen MR) is 97.7 cm³/mol. The Hall–Kier alpha value is -3.11. The Morgan fingerprint density at radius 3 is 2.41 bits per heavy atom. The molecular formula is C17H18N6O3S. The average molecular weight is 386 g/mol. The fourth-order valence-corrected chi connectivity index (χ4v) is 2.83. The van der Waals surface area contributed by atoms with Crippen molar-refractivity contribution >= 4 is 15.9 Å². The van der Waals surface area contributed by atoms with Crippen molar-refractivity contribution in [3.8, 4) is 11.4 Å². The summed E-state index contributed by atoms with van der Waals surface area (Å²) < 4.78 is 22.4. The summed E-state index contributed by atoms with van der Waals surface area (Å²) in [6, 6.07) is 13.6. The van der Waals surface area contributed by atoms with Gasteiger partial charge in [-0.2, -0.15) is 4.80 Å². The van der Waals surface area contributed by atoms with E-state index in [2.05, 4.69) is 20.7 Å². The van der Waals surface area contributed by atoms with E-state index < -0.39 is 10.0 Å². The number of primary sulfonamides is 1. The average Bonchev–Trinajstić information content (AvgIpc) is 3.08. The molecule has 2 aromatic carbocycles. The maximum atomic E-state index is 12.0. The molecule has 0 saturated carbocycles. The number of benzene rings is 2. The summed E-state index contributed by atoms with van der Waals surface area (Å²) in [6.45, 7) is 2.15. The predicted octanol–water partition coefficient (Wildman–Crippen LogP) is 0.612. The van der Waals surface area contributed by atoms with Crippen LogP contribution in [-0.2, 0) is 27.9 Å². The van der Waals surface area contributed by atoms with Gasteiger partial charge in [-0.15, -0.1) is 10.2 Å². The molecule has 0 spiro atoms. The fraction of sp³-hybridized carbons (Fsp3) is 0.176. The highest BCUT2D eigenvalue weighted by atomic mass is 32.2. The molecule has 1 amide bonds. The minimum absolute atomic E-state index is 0.0213. The van der Waals surface area contributed by atoms with Crippen molar-refractivity contribution in [3.63, 3.8) is 0 Å². The number of rotatable bonds is 6. The third-order valence-corrected chi connectivity index (χ3v) is 4.72. The molecule has 3 N–H and O–H groups in total. The van der Waals surface area contributed by atoms with Gasteiger partial charge in [-0.05, 0) is 29.8 Å². The van der Waals surface area contributed by atoms with Crippen LogP contribution in [0.2, 0.25) is 0 Å². The lowest BCUT2D eigenvalue weighted by Crippen LogP contribution is -2.28. The van der Waals surface area contributed by atoms with Crippen LogP contribution >= 0.6 is 0 Å². The molecule has 0 unspecified atom stereocenters. The van der Waals surface area contributed by atoms with Crippen LogP contribution in [0.4, 0.5) is 0 Å². The topological polar surface area (TPSA) is 133 Å². The monoisotopic (exact) mass is 386 g/mol. The summed E-state index contributed by atoms with van der Waals surface area (Å²) in [5.41, 5.74) is 2.69. The van der Waals surface area contributed by atoms with Crippen molar-refractivity contribution in [2.45, 2.75) is 24.9 Å². The van der Waals surface area contributed by atoms with Crippen LogP contribution in [0.25, 0.3) is 11.4 Å². The van der Waals surface area contributed by atoms with Crippen LogP contribution in [-0.4, -0.2) is 34.5 Å². The molecule has 0 bridgehead atoms. The Kier molecular flexibility index (Phi) is 5.28. The second-order valence-electron chi connectivity index (χ2n) is 5.98. The van der Waals surface area contributed by atoms with Crippen LogP contribution < -0.4 is 10.5 Å². The summed E-state index contributed by atoms with van der Waals surface area (Å²) in [4.78, 5) is 13.3. The van der Waals surface area contributed by atoms with E-state index in [1.165, 1.54) is 16.9 Å². The highest BCUT2D eigenvalue weighted by Crippen LogP contribution is 2.13. The normalized spacial score (nSPS) is 11.3. The molecule has 140 valence electrons. The first kappa shape index (κ1) is 18.7. The lowest BCUT2D eigenvalue weighted by Gasteiger charge is -2.05. The van der Waals surface area contributed by atoms with Gasteiger partial charge in [-0.25, -0.2) is 13.6 Å². The van der Waals surface area contributed by atoms with Crippen LogP contribution in [0.5, 0.6) is 0 Å². The van der Waals surface area contributed by atoms with E-state index in [1.54, 1.807) is 12.1 Å². The number of nitrogens with two attached hydrogens (primary N) is 1. The standard InChI is InChI=1S/C17H18N6O3S/c1-12-2-6-14(7-3-12)17-20-22-23(21-17)11-16(24)19-10-13-4-8-15(9-5-13)27(18,25)26/h2-9H,10-11H2,1H3,(H,19,24)(H2,18,25,26). The molecule has 1 aromatic heterocycles. The van der Waals surface area contributed by atoms with Gasteiger partial charge < -0.3 is 5.32 Å². The third kappa shape index (κ3) is 4.96. The number of hydrogen-bond donors (Lipinski definition) is 2. The molecule has 1 heterocycles. The van der Waals surface area contributed by atoms with E-state index >= 15 is 0 Å². The summed E-state index contributed by atoms with van der Waals surface area (Å²) in [6.07, 6.45) is 0. The van der Waals surface area contributed by atoms with E-state index in [4.69, 9.17) is 5.14 Å². The Balaban J connectivity index is 1.56. The number of tetrazole rings is 1. The molecule has 10 heteroatoms. The summed E-state index contributed by atoms with van der Waals surface area (Å²) in [5, 5.41) is 19.8. The van der Waals surface area contributed by atoms with Gasteiger partial charge in [0.1, 0.15) is 6.54 Å². The highest BCUT2D eigenvalue weighted by Gasteiger charge is 2.10. The number of hydrogen-bond acceptors (Lipinski definition) is 6. The second-order valence-corrected chi connectivity index (χ2v) is 7.54. The van der Waals surface area contributed by atoms with E-state index in [1.807, 2.05) is 31.2 Å². The summed E-state index contributed by atoms with van der Waals surface area (Å²) in [7, 11) is -3.73. The molecule has 0 radical (unpaired) electrons. The molecule has 0 atom stereocenters. The van der Waals surface area contributed by atoms with Gasteiger partial charge in [0.15, 0.2) is 0 Å². The van der Waals surface area contributed by atoms with Crippen LogP contribution in [0, 0.1) is 6.92 Å². The fourth-order valence-electron chi connectivity index (χ4n) is 2.31. The van der Waals surface area contributed by atoms with Gasteiger partial charge in [0.2, 0.25) is 21.8 Å². The Labute approximate surface area is 156 Å². The number of sulfonamides is 1.